The first kappa shape index (κ1) is 23.8. The Labute approximate surface area is 190 Å². The summed E-state index contributed by atoms with van der Waals surface area (Å²) in [5.41, 5.74) is -0.203. The molecular formula is C24H23F3N4O2. The van der Waals surface area contributed by atoms with Crippen molar-refractivity contribution in [1.82, 2.24) is 14.9 Å². The molecule has 0 fully saturated rings. The van der Waals surface area contributed by atoms with E-state index < -0.39 is 11.7 Å². The Morgan fingerprint density at radius 1 is 1.00 bits per heavy atom. The van der Waals surface area contributed by atoms with Crippen LogP contribution in [-0.4, -0.2) is 34.9 Å². The highest BCUT2D eigenvalue weighted by Crippen LogP contribution is 2.32. The van der Waals surface area contributed by atoms with Gasteiger partial charge in [-0.3, -0.25) is 9.69 Å². The van der Waals surface area contributed by atoms with Crippen LogP contribution < -0.4 is 9.64 Å². The molecule has 33 heavy (non-hydrogen) atoms. The van der Waals surface area contributed by atoms with Crippen LogP contribution in [0, 0.1) is 0 Å². The van der Waals surface area contributed by atoms with Crippen molar-refractivity contribution in [2.75, 3.05) is 19.0 Å². The zero-order valence-electron chi connectivity index (χ0n) is 18.4. The van der Waals surface area contributed by atoms with Gasteiger partial charge in [-0.25, -0.2) is 9.97 Å². The quantitative estimate of drug-likeness (QED) is 0.434. The zero-order valence-corrected chi connectivity index (χ0v) is 18.4. The number of hydrogen-bond donors (Lipinski definition) is 0. The van der Waals surface area contributed by atoms with Crippen molar-refractivity contribution in [2.45, 2.75) is 19.5 Å². The Hall–Kier alpha value is -3.88. The van der Waals surface area contributed by atoms with E-state index in [1.54, 1.807) is 61.7 Å². The number of rotatable bonds is 7. The largest absolute Gasteiger partial charge is 0.457 e. The number of halogens is 3. The number of nitrogens with zero attached hydrogens (tertiary/aromatic N) is 4. The summed E-state index contributed by atoms with van der Waals surface area (Å²) in [6.07, 6.45) is 0.873. The van der Waals surface area contributed by atoms with Gasteiger partial charge in [-0.2, -0.15) is 13.2 Å². The molecule has 0 bridgehead atoms. The van der Waals surface area contributed by atoms with Crippen LogP contribution in [0.15, 0.2) is 73.1 Å². The number of aromatic nitrogens is 2. The number of ether oxygens (including phenoxy) is 1. The SMILES string of the molecule is CCc1nccc(N(C(=O)C=CN(C)C)c2ccc(Oc3ccc(C(F)(F)F)cc3)cc2)n1. The third kappa shape index (κ3) is 6.31. The van der Waals surface area contributed by atoms with Gasteiger partial charge in [0.1, 0.15) is 23.1 Å². The summed E-state index contributed by atoms with van der Waals surface area (Å²) >= 11 is 0. The third-order valence-corrected chi connectivity index (χ3v) is 4.48. The summed E-state index contributed by atoms with van der Waals surface area (Å²) in [4.78, 5) is 24.8. The van der Waals surface area contributed by atoms with Crippen molar-refractivity contribution >= 4 is 17.4 Å². The Balaban J connectivity index is 1.86. The Morgan fingerprint density at radius 2 is 1.61 bits per heavy atom. The van der Waals surface area contributed by atoms with Crippen LogP contribution >= 0.6 is 0 Å². The van der Waals surface area contributed by atoms with E-state index in [0.717, 1.165) is 12.1 Å². The maximum absolute atomic E-state index is 13.0. The van der Waals surface area contributed by atoms with Crippen molar-refractivity contribution in [3.63, 3.8) is 0 Å². The predicted octanol–water partition coefficient (Wildman–Crippen LogP) is 5.59. The Kier molecular flexibility index (Phi) is 7.32. The van der Waals surface area contributed by atoms with Crippen molar-refractivity contribution in [3.8, 4) is 11.5 Å². The molecule has 0 spiro atoms. The van der Waals surface area contributed by atoms with Gasteiger partial charge in [-0.15, -0.1) is 0 Å². The molecule has 3 rings (SSSR count). The number of anilines is 2. The molecule has 0 saturated heterocycles. The number of alkyl halides is 3. The summed E-state index contributed by atoms with van der Waals surface area (Å²) < 4.78 is 43.8. The maximum atomic E-state index is 13.0. The van der Waals surface area contributed by atoms with E-state index in [1.165, 1.54) is 23.1 Å². The van der Waals surface area contributed by atoms with E-state index in [9.17, 15) is 18.0 Å². The number of hydrogen-bond acceptors (Lipinski definition) is 5. The minimum absolute atomic E-state index is 0.265. The van der Waals surface area contributed by atoms with Gasteiger partial charge in [0.15, 0.2) is 0 Å². The molecular weight excluding hydrogens is 433 g/mol. The lowest BCUT2D eigenvalue weighted by atomic mass is 10.2. The third-order valence-electron chi connectivity index (χ3n) is 4.48. The predicted molar refractivity (Wildman–Crippen MR) is 119 cm³/mol. The fraction of sp³-hybridized carbons (Fsp3) is 0.208. The number of carbonyl (C=O) groups is 1. The van der Waals surface area contributed by atoms with E-state index in [1.807, 2.05) is 6.92 Å². The van der Waals surface area contributed by atoms with E-state index >= 15 is 0 Å². The number of benzene rings is 2. The van der Waals surface area contributed by atoms with Gasteiger partial charge in [0, 0.05) is 39.0 Å². The molecule has 172 valence electrons. The molecule has 3 aromatic rings. The molecule has 1 aromatic heterocycles. The van der Waals surface area contributed by atoms with Gasteiger partial charge in [-0.1, -0.05) is 6.92 Å². The molecule has 0 atom stereocenters. The molecule has 0 saturated carbocycles. The van der Waals surface area contributed by atoms with E-state index in [2.05, 4.69) is 9.97 Å². The van der Waals surface area contributed by atoms with Crippen LogP contribution in [0.25, 0.3) is 0 Å². The molecule has 0 radical (unpaired) electrons. The van der Waals surface area contributed by atoms with E-state index in [4.69, 9.17) is 4.74 Å². The summed E-state index contributed by atoms with van der Waals surface area (Å²) in [7, 11) is 3.61. The molecule has 0 aliphatic carbocycles. The molecule has 0 aliphatic heterocycles. The zero-order chi connectivity index (χ0) is 24.0. The molecule has 0 N–H and O–H groups in total. The molecule has 2 aromatic carbocycles. The van der Waals surface area contributed by atoms with Crippen molar-refractivity contribution < 1.29 is 22.7 Å². The molecule has 9 heteroatoms. The maximum Gasteiger partial charge on any atom is 0.416 e. The van der Waals surface area contributed by atoms with Gasteiger partial charge in [-0.05, 0) is 54.6 Å². The van der Waals surface area contributed by atoms with Crippen LogP contribution in [0.1, 0.15) is 18.3 Å². The van der Waals surface area contributed by atoms with Crippen molar-refractivity contribution in [1.29, 1.82) is 0 Å². The lowest BCUT2D eigenvalue weighted by Gasteiger charge is -2.21. The number of amides is 1. The average Bonchev–Trinajstić information content (AvgIpc) is 2.79. The second-order valence-corrected chi connectivity index (χ2v) is 7.26. The fourth-order valence-corrected chi connectivity index (χ4v) is 2.85. The Morgan fingerprint density at radius 3 is 2.15 bits per heavy atom. The van der Waals surface area contributed by atoms with Crippen molar-refractivity contribution in [3.05, 3.63) is 84.5 Å². The van der Waals surface area contributed by atoms with Crippen LogP contribution in [0.4, 0.5) is 24.7 Å². The van der Waals surface area contributed by atoms with Gasteiger partial charge >= 0.3 is 6.18 Å². The minimum Gasteiger partial charge on any atom is -0.457 e. The first-order valence-corrected chi connectivity index (χ1v) is 10.1. The van der Waals surface area contributed by atoms with Crippen LogP contribution in [-0.2, 0) is 17.4 Å². The lowest BCUT2D eigenvalue weighted by molar-refractivity contribution is -0.137. The summed E-state index contributed by atoms with van der Waals surface area (Å²) in [5.74, 6) is 1.39. The van der Waals surface area contributed by atoms with Crippen molar-refractivity contribution in [2.24, 2.45) is 0 Å². The second-order valence-electron chi connectivity index (χ2n) is 7.26. The van der Waals surface area contributed by atoms with Gasteiger partial charge < -0.3 is 9.64 Å². The monoisotopic (exact) mass is 456 g/mol. The first-order chi connectivity index (χ1) is 15.7. The minimum atomic E-state index is -4.41. The normalized spacial score (nSPS) is 11.5. The van der Waals surface area contributed by atoms with Crippen LogP contribution in [0.3, 0.4) is 0 Å². The Bertz CT molecular complexity index is 1110. The number of carbonyl (C=O) groups excluding carboxylic acids is 1. The summed E-state index contributed by atoms with van der Waals surface area (Å²) in [6.45, 7) is 1.92. The average molecular weight is 456 g/mol. The van der Waals surface area contributed by atoms with Gasteiger partial charge in [0.2, 0.25) is 0 Å². The highest BCUT2D eigenvalue weighted by molar-refractivity contribution is 6.06. The molecule has 0 aliphatic rings. The van der Waals surface area contributed by atoms with Gasteiger partial charge in [0.05, 0.1) is 11.3 Å². The second kappa shape index (κ2) is 10.2. The smallest absolute Gasteiger partial charge is 0.416 e. The molecule has 0 unspecified atom stereocenters. The highest BCUT2D eigenvalue weighted by atomic mass is 19.4. The van der Waals surface area contributed by atoms with Crippen LogP contribution in [0.5, 0.6) is 11.5 Å². The first-order valence-electron chi connectivity index (χ1n) is 10.1. The molecule has 1 amide bonds. The van der Waals surface area contributed by atoms with Gasteiger partial charge in [0.25, 0.3) is 5.91 Å². The van der Waals surface area contributed by atoms with E-state index in [-0.39, 0.29) is 11.7 Å². The summed E-state index contributed by atoms with van der Waals surface area (Å²) in [5, 5.41) is 0. The molecule has 6 nitrogen and oxygen atoms in total. The highest BCUT2D eigenvalue weighted by Gasteiger charge is 2.30. The number of aryl methyl sites for hydroxylation is 1. The van der Waals surface area contributed by atoms with E-state index in [0.29, 0.717) is 29.5 Å². The molecule has 1 heterocycles. The summed E-state index contributed by atoms with van der Waals surface area (Å²) in [6, 6.07) is 12.7. The topological polar surface area (TPSA) is 58.6 Å². The fourth-order valence-electron chi connectivity index (χ4n) is 2.85. The van der Waals surface area contributed by atoms with Crippen LogP contribution in [0.2, 0.25) is 0 Å². The lowest BCUT2D eigenvalue weighted by Crippen LogP contribution is -2.25. The standard InChI is InChI=1S/C24H23F3N4O2/c1-4-21-28-15-13-22(29-21)31(23(32)14-16-30(2)3)18-7-11-20(12-8-18)33-19-9-5-17(6-10-19)24(25,26)27/h5-16H,4H2,1-3H3.